The number of aliphatic hydroxyl groups is 1. The minimum atomic E-state index is 0.281. The summed E-state index contributed by atoms with van der Waals surface area (Å²) >= 11 is 0. The van der Waals surface area contributed by atoms with E-state index in [1.54, 1.807) is 0 Å². The SMILES string of the molecule is CCC(C)CC(C)NCC(C)CO. The van der Waals surface area contributed by atoms with Gasteiger partial charge in [0, 0.05) is 19.2 Å². The maximum absolute atomic E-state index is 8.84. The molecule has 0 aromatic heterocycles. The van der Waals surface area contributed by atoms with Gasteiger partial charge in [-0.25, -0.2) is 0 Å². The molecule has 0 rings (SSSR count). The third kappa shape index (κ3) is 7.03. The van der Waals surface area contributed by atoms with Crippen LogP contribution in [0.4, 0.5) is 0 Å². The maximum Gasteiger partial charge on any atom is 0.0468 e. The Morgan fingerprint density at radius 1 is 1.15 bits per heavy atom. The van der Waals surface area contributed by atoms with Crippen LogP contribution in [0.5, 0.6) is 0 Å². The van der Waals surface area contributed by atoms with Crippen molar-refractivity contribution in [1.29, 1.82) is 0 Å². The molecular formula is C11H25NO. The molecule has 0 heterocycles. The first-order valence-electron chi connectivity index (χ1n) is 5.44. The van der Waals surface area contributed by atoms with Crippen LogP contribution in [0.2, 0.25) is 0 Å². The average molecular weight is 187 g/mol. The fraction of sp³-hybridized carbons (Fsp3) is 1.00. The summed E-state index contributed by atoms with van der Waals surface area (Å²) < 4.78 is 0. The Hall–Kier alpha value is -0.0800. The molecule has 0 aromatic rings. The second-order valence-electron chi connectivity index (χ2n) is 4.35. The van der Waals surface area contributed by atoms with E-state index in [1.165, 1.54) is 12.8 Å². The highest BCUT2D eigenvalue weighted by Crippen LogP contribution is 2.09. The number of rotatable bonds is 7. The van der Waals surface area contributed by atoms with E-state index in [0.717, 1.165) is 12.5 Å². The molecule has 0 aliphatic carbocycles. The summed E-state index contributed by atoms with van der Waals surface area (Å²) in [5, 5.41) is 12.3. The van der Waals surface area contributed by atoms with E-state index in [-0.39, 0.29) is 6.61 Å². The molecular weight excluding hydrogens is 162 g/mol. The number of hydrogen-bond acceptors (Lipinski definition) is 2. The summed E-state index contributed by atoms with van der Waals surface area (Å²) in [6, 6.07) is 0.573. The molecule has 0 aliphatic heterocycles. The van der Waals surface area contributed by atoms with Gasteiger partial charge in [-0.3, -0.25) is 0 Å². The summed E-state index contributed by atoms with van der Waals surface area (Å²) in [5.41, 5.74) is 0. The zero-order valence-electron chi connectivity index (χ0n) is 9.51. The van der Waals surface area contributed by atoms with Crippen molar-refractivity contribution in [3.05, 3.63) is 0 Å². The van der Waals surface area contributed by atoms with Crippen LogP contribution >= 0.6 is 0 Å². The van der Waals surface area contributed by atoms with Crippen molar-refractivity contribution in [1.82, 2.24) is 5.32 Å². The van der Waals surface area contributed by atoms with Crippen LogP contribution < -0.4 is 5.32 Å². The average Bonchev–Trinajstić information content (AvgIpc) is 2.13. The fourth-order valence-electron chi connectivity index (χ4n) is 1.32. The lowest BCUT2D eigenvalue weighted by Gasteiger charge is -2.19. The van der Waals surface area contributed by atoms with Gasteiger partial charge in [0.2, 0.25) is 0 Å². The van der Waals surface area contributed by atoms with Gasteiger partial charge in [0.25, 0.3) is 0 Å². The Kier molecular flexibility index (Phi) is 7.29. The largest absolute Gasteiger partial charge is 0.396 e. The van der Waals surface area contributed by atoms with Gasteiger partial charge in [0.1, 0.15) is 0 Å². The molecule has 80 valence electrons. The van der Waals surface area contributed by atoms with E-state index in [9.17, 15) is 0 Å². The van der Waals surface area contributed by atoms with Crippen molar-refractivity contribution in [3.63, 3.8) is 0 Å². The lowest BCUT2D eigenvalue weighted by molar-refractivity contribution is 0.228. The zero-order chi connectivity index (χ0) is 10.3. The van der Waals surface area contributed by atoms with Gasteiger partial charge < -0.3 is 10.4 Å². The van der Waals surface area contributed by atoms with Crippen molar-refractivity contribution in [2.45, 2.75) is 46.6 Å². The Morgan fingerprint density at radius 3 is 2.23 bits per heavy atom. The van der Waals surface area contributed by atoms with Crippen molar-refractivity contribution < 1.29 is 5.11 Å². The first-order valence-corrected chi connectivity index (χ1v) is 5.44. The molecule has 2 N–H and O–H groups in total. The van der Waals surface area contributed by atoms with Crippen molar-refractivity contribution in [3.8, 4) is 0 Å². The van der Waals surface area contributed by atoms with Crippen LogP contribution in [0.1, 0.15) is 40.5 Å². The van der Waals surface area contributed by atoms with Crippen molar-refractivity contribution >= 4 is 0 Å². The predicted octanol–water partition coefficient (Wildman–Crippen LogP) is 2.03. The molecule has 2 nitrogen and oxygen atoms in total. The first-order chi connectivity index (χ1) is 6.10. The quantitative estimate of drug-likeness (QED) is 0.639. The molecule has 3 atom stereocenters. The third-order valence-electron chi connectivity index (χ3n) is 2.58. The zero-order valence-corrected chi connectivity index (χ0v) is 9.51. The van der Waals surface area contributed by atoms with E-state index >= 15 is 0 Å². The Bertz CT molecular complexity index is 117. The summed E-state index contributed by atoms with van der Waals surface area (Å²) in [7, 11) is 0. The topological polar surface area (TPSA) is 32.3 Å². The van der Waals surface area contributed by atoms with E-state index in [4.69, 9.17) is 5.11 Å². The number of nitrogens with one attached hydrogen (secondary N) is 1. The lowest BCUT2D eigenvalue weighted by atomic mass is 10.00. The predicted molar refractivity (Wildman–Crippen MR) is 57.8 cm³/mol. The van der Waals surface area contributed by atoms with Crippen molar-refractivity contribution in [2.24, 2.45) is 11.8 Å². The highest BCUT2D eigenvalue weighted by molar-refractivity contribution is 4.66. The first kappa shape index (κ1) is 12.9. The Labute approximate surface area is 82.7 Å². The number of aliphatic hydroxyl groups excluding tert-OH is 1. The van der Waals surface area contributed by atoms with Gasteiger partial charge in [-0.2, -0.15) is 0 Å². The van der Waals surface area contributed by atoms with Crippen LogP contribution in [0.25, 0.3) is 0 Å². The van der Waals surface area contributed by atoms with Crippen LogP contribution in [0.3, 0.4) is 0 Å². The molecule has 0 amide bonds. The van der Waals surface area contributed by atoms with Gasteiger partial charge in [-0.05, 0) is 25.2 Å². The third-order valence-corrected chi connectivity index (χ3v) is 2.58. The highest BCUT2D eigenvalue weighted by atomic mass is 16.3. The molecule has 0 bridgehead atoms. The van der Waals surface area contributed by atoms with Gasteiger partial charge in [-0.15, -0.1) is 0 Å². The highest BCUT2D eigenvalue weighted by Gasteiger charge is 2.07. The molecule has 0 aliphatic rings. The minimum absolute atomic E-state index is 0.281. The van der Waals surface area contributed by atoms with Gasteiger partial charge in [-0.1, -0.05) is 27.2 Å². The summed E-state index contributed by atoms with van der Waals surface area (Å²) in [5.74, 6) is 1.17. The van der Waals surface area contributed by atoms with Crippen molar-refractivity contribution in [2.75, 3.05) is 13.2 Å². The molecule has 0 fully saturated rings. The summed E-state index contributed by atoms with van der Waals surface area (Å²) in [6.45, 7) is 10.00. The van der Waals surface area contributed by atoms with Gasteiger partial charge in [0.05, 0.1) is 0 Å². The second-order valence-corrected chi connectivity index (χ2v) is 4.35. The molecule has 0 saturated heterocycles. The van der Waals surface area contributed by atoms with E-state index in [1.807, 2.05) is 0 Å². The molecule has 2 heteroatoms. The standard InChI is InChI=1S/C11H25NO/c1-5-9(2)6-11(4)12-7-10(3)8-13/h9-13H,5-8H2,1-4H3. The molecule has 3 unspecified atom stereocenters. The minimum Gasteiger partial charge on any atom is -0.396 e. The maximum atomic E-state index is 8.84. The van der Waals surface area contributed by atoms with E-state index < -0.39 is 0 Å². The van der Waals surface area contributed by atoms with E-state index in [0.29, 0.717) is 12.0 Å². The van der Waals surface area contributed by atoms with Gasteiger partial charge >= 0.3 is 0 Å². The number of hydrogen-bond donors (Lipinski definition) is 2. The second kappa shape index (κ2) is 7.34. The lowest BCUT2D eigenvalue weighted by Crippen LogP contribution is -2.32. The smallest absolute Gasteiger partial charge is 0.0468 e. The van der Waals surface area contributed by atoms with Crippen LogP contribution in [-0.2, 0) is 0 Å². The molecule has 0 saturated carbocycles. The summed E-state index contributed by atoms with van der Waals surface area (Å²) in [4.78, 5) is 0. The molecule has 13 heavy (non-hydrogen) atoms. The normalized spacial score (nSPS) is 18.2. The molecule has 0 aromatic carbocycles. The Balaban J connectivity index is 3.45. The van der Waals surface area contributed by atoms with Crippen LogP contribution in [0, 0.1) is 11.8 Å². The van der Waals surface area contributed by atoms with Crippen LogP contribution in [0.15, 0.2) is 0 Å². The molecule has 0 radical (unpaired) electrons. The fourth-order valence-corrected chi connectivity index (χ4v) is 1.32. The van der Waals surface area contributed by atoms with Crippen LogP contribution in [-0.4, -0.2) is 24.3 Å². The monoisotopic (exact) mass is 187 g/mol. The molecule has 0 spiro atoms. The van der Waals surface area contributed by atoms with Gasteiger partial charge in [0.15, 0.2) is 0 Å². The van der Waals surface area contributed by atoms with E-state index in [2.05, 4.69) is 33.0 Å². The Morgan fingerprint density at radius 2 is 1.77 bits per heavy atom. The summed E-state index contributed by atoms with van der Waals surface area (Å²) in [6.07, 6.45) is 2.48.